The van der Waals surface area contributed by atoms with Crippen LogP contribution in [-0.4, -0.2) is 51.0 Å². The summed E-state index contributed by atoms with van der Waals surface area (Å²) in [7, 11) is -3.03. The minimum atomic E-state index is -3.03. The maximum absolute atomic E-state index is 12.4. The van der Waals surface area contributed by atoms with Crippen LogP contribution in [0.1, 0.15) is 30.8 Å². The monoisotopic (exact) mass is 411 g/mol. The molecule has 146 valence electrons. The lowest BCUT2D eigenvalue weighted by atomic mass is 10.1. The molecule has 2 aromatic heterocycles. The first-order chi connectivity index (χ1) is 12.8. The average molecular weight is 412 g/mol. The van der Waals surface area contributed by atoms with E-state index in [1.165, 1.54) is 11.8 Å². The third-order valence-electron chi connectivity index (χ3n) is 4.19. The topological polar surface area (TPSA) is 120 Å². The van der Waals surface area contributed by atoms with Crippen LogP contribution in [0.5, 0.6) is 0 Å². The molecule has 1 aliphatic heterocycles. The molecule has 1 N–H and O–H groups in total. The Labute approximate surface area is 161 Å². The van der Waals surface area contributed by atoms with E-state index in [0.717, 1.165) is 0 Å². The Morgan fingerprint density at radius 3 is 2.93 bits per heavy atom. The summed E-state index contributed by atoms with van der Waals surface area (Å²) in [4.78, 5) is 12.4. The lowest BCUT2D eigenvalue weighted by molar-refractivity contribution is -0.115. The number of aromatic nitrogens is 4. The SMILES string of the molecule is C=CCn1c(S[C@H](C)C(=O)Nc2cc(C)on2)nnc1[C@H]1CCS(=O)(=O)C1. The number of rotatable bonds is 7. The Morgan fingerprint density at radius 1 is 1.56 bits per heavy atom. The second-order valence-corrected chi connectivity index (χ2v) is 9.95. The van der Waals surface area contributed by atoms with E-state index >= 15 is 0 Å². The van der Waals surface area contributed by atoms with Crippen LogP contribution >= 0.6 is 11.8 Å². The van der Waals surface area contributed by atoms with E-state index in [1.54, 1.807) is 26.0 Å². The number of nitrogens with zero attached hydrogens (tertiary/aromatic N) is 4. The standard InChI is InChI=1S/C16H21N5O4S2/c1-4-6-21-14(12-5-7-27(23,24)9-12)18-19-16(21)26-11(3)15(22)17-13-8-10(2)25-20-13/h4,8,11-12H,1,5-7,9H2,2-3H3,(H,17,20,22)/t11-,12+/m1/s1. The molecule has 0 spiro atoms. The maximum Gasteiger partial charge on any atom is 0.238 e. The normalized spacial score (nSPS) is 19.7. The largest absolute Gasteiger partial charge is 0.360 e. The number of anilines is 1. The molecule has 11 heteroatoms. The van der Waals surface area contributed by atoms with Gasteiger partial charge in [0.2, 0.25) is 5.91 Å². The van der Waals surface area contributed by atoms with Gasteiger partial charge in [-0.05, 0) is 20.3 Å². The highest BCUT2D eigenvalue weighted by atomic mass is 32.2. The average Bonchev–Trinajstić information content (AvgIpc) is 3.28. The Hall–Kier alpha value is -2.14. The molecule has 0 saturated carbocycles. The van der Waals surface area contributed by atoms with Crippen molar-refractivity contribution in [1.29, 1.82) is 0 Å². The minimum absolute atomic E-state index is 0.0779. The molecule has 1 aliphatic rings. The van der Waals surface area contributed by atoms with Crippen molar-refractivity contribution in [3.05, 3.63) is 30.3 Å². The lowest BCUT2D eigenvalue weighted by Gasteiger charge is -2.13. The molecule has 0 bridgehead atoms. The van der Waals surface area contributed by atoms with Crippen molar-refractivity contribution in [2.45, 2.75) is 43.1 Å². The predicted octanol–water partition coefficient (Wildman–Crippen LogP) is 1.78. The minimum Gasteiger partial charge on any atom is -0.360 e. The first-order valence-corrected chi connectivity index (χ1v) is 11.1. The van der Waals surface area contributed by atoms with Gasteiger partial charge in [0.25, 0.3) is 0 Å². The molecule has 2 aromatic rings. The zero-order valence-corrected chi connectivity index (χ0v) is 16.7. The van der Waals surface area contributed by atoms with Gasteiger partial charge in [-0.15, -0.1) is 16.8 Å². The molecule has 1 amide bonds. The van der Waals surface area contributed by atoms with Crippen molar-refractivity contribution >= 4 is 33.3 Å². The van der Waals surface area contributed by atoms with E-state index in [9.17, 15) is 13.2 Å². The van der Waals surface area contributed by atoms with E-state index in [0.29, 0.717) is 35.5 Å². The molecule has 1 saturated heterocycles. The van der Waals surface area contributed by atoms with E-state index in [2.05, 4.69) is 27.2 Å². The van der Waals surface area contributed by atoms with Gasteiger partial charge in [-0.2, -0.15) is 0 Å². The van der Waals surface area contributed by atoms with Gasteiger partial charge in [0.05, 0.1) is 16.8 Å². The van der Waals surface area contributed by atoms with E-state index in [4.69, 9.17) is 4.52 Å². The number of aryl methyl sites for hydroxylation is 1. The fourth-order valence-electron chi connectivity index (χ4n) is 2.85. The van der Waals surface area contributed by atoms with Crippen LogP contribution in [0.3, 0.4) is 0 Å². The van der Waals surface area contributed by atoms with E-state index < -0.39 is 15.1 Å². The van der Waals surface area contributed by atoms with Gasteiger partial charge in [0.15, 0.2) is 20.8 Å². The van der Waals surface area contributed by atoms with Gasteiger partial charge in [-0.1, -0.05) is 23.0 Å². The molecule has 0 aliphatic carbocycles. The zero-order chi connectivity index (χ0) is 19.6. The molecule has 3 rings (SSSR count). The Morgan fingerprint density at radius 2 is 2.33 bits per heavy atom. The van der Waals surface area contributed by atoms with Crippen LogP contribution in [0, 0.1) is 6.92 Å². The first-order valence-electron chi connectivity index (χ1n) is 8.44. The van der Waals surface area contributed by atoms with Crippen LogP contribution in [-0.2, 0) is 21.2 Å². The van der Waals surface area contributed by atoms with Crippen LogP contribution in [0.2, 0.25) is 0 Å². The third-order valence-corrected chi connectivity index (χ3v) is 7.03. The smallest absolute Gasteiger partial charge is 0.238 e. The summed E-state index contributed by atoms with van der Waals surface area (Å²) in [6.45, 7) is 7.68. The second kappa shape index (κ2) is 7.85. The third kappa shape index (κ3) is 4.59. The summed E-state index contributed by atoms with van der Waals surface area (Å²) in [5, 5.41) is 14.9. The Balaban J connectivity index is 1.74. The number of nitrogens with one attached hydrogen (secondary N) is 1. The molecule has 0 unspecified atom stereocenters. The Bertz CT molecular complexity index is 950. The van der Waals surface area contributed by atoms with Crippen molar-refractivity contribution in [2.75, 3.05) is 16.8 Å². The highest BCUT2D eigenvalue weighted by molar-refractivity contribution is 8.00. The molecule has 2 atom stereocenters. The zero-order valence-electron chi connectivity index (χ0n) is 15.1. The van der Waals surface area contributed by atoms with Crippen molar-refractivity contribution in [2.24, 2.45) is 0 Å². The molecule has 9 nitrogen and oxygen atoms in total. The summed E-state index contributed by atoms with van der Waals surface area (Å²) < 4.78 is 30.3. The van der Waals surface area contributed by atoms with Crippen LogP contribution in [0.4, 0.5) is 5.82 Å². The lowest BCUT2D eigenvalue weighted by Crippen LogP contribution is -2.23. The number of allylic oxidation sites excluding steroid dienone is 1. The van der Waals surface area contributed by atoms with E-state index in [-0.39, 0.29) is 23.3 Å². The highest BCUT2D eigenvalue weighted by Crippen LogP contribution is 2.31. The number of sulfone groups is 1. The fraction of sp³-hybridized carbons (Fsp3) is 0.500. The maximum atomic E-state index is 12.4. The molecule has 3 heterocycles. The van der Waals surface area contributed by atoms with E-state index in [1.807, 2.05) is 4.57 Å². The fourth-order valence-corrected chi connectivity index (χ4v) is 5.46. The van der Waals surface area contributed by atoms with Crippen molar-refractivity contribution < 1.29 is 17.7 Å². The van der Waals surface area contributed by atoms with Crippen LogP contribution < -0.4 is 5.32 Å². The first kappa shape index (κ1) is 19.6. The molecule has 0 radical (unpaired) electrons. The second-order valence-electron chi connectivity index (χ2n) is 6.41. The molecule has 0 aromatic carbocycles. The summed E-state index contributed by atoms with van der Waals surface area (Å²) >= 11 is 1.25. The van der Waals surface area contributed by atoms with Crippen molar-refractivity contribution in [3.63, 3.8) is 0 Å². The van der Waals surface area contributed by atoms with Gasteiger partial charge in [-0.25, -0.2) is 8.42 Å². The van der Waals surface area contributed by atoms with Crippen molar-refractivity contribution in [3.8, 4) is 0 Å². The number of carbonyl (C=O) groups excluding carboxylic acids is 1. The number of amides is 1. The van der Waals surface area contributed by atoms with Crippen LogP contribution in [0.15, 0.2) is 28.4 Å². The van der Waals surface area contributed by atoms with Gasteiger partial charge in [0.1, 0.15) is 11.6 Å². The van der Waals surface area contributed by atoms with Gasteiger partial charge in [0, 0.05) is 18.5 Å². The molecule has 1 fully saturated rings. The molecule has 27 heavy (non-hydrogen) atoms. The summed E-state index contributed by atoms with van der Waals surface area (Å²) in [5.41, 5.74) is 0. The Kier molecular flexibility index (Phi) is 5.70. The number of thioether (sulfide) groups is 1. The van der Waals surface area contributed by atoms with Crippen molar-refractivity contribution in [1.82, 2.24) is 19.9 Å². The number of hydrogen-bond donors (Lipinski definition) is 1. The predicted molar refractivity (Wildman–Crippen MR) is 101 cm³/mol. The molecular formula is C16H21N5O4S2. The van der Waals surface area contributed by atoms with Crippen LogP contribution in [0.25, 0.3) is 0 Å². The highest BCUT2D eigenvalue weighted by Gasteiger charge is 2.33. The number of carbonyl (C=O) groups is 1. The van der Waals surface area contributed by atoms with Gasteiger partial charge < -0.3 is 14.4 Å². The summed E-state index contributed by atoms with van der Waals surface area (Å²) in [5.74, 6) is 1.40. The summed E-state index contributed by atoms with van der Waals surface area (Å²) in [6, 6.07) is 1.63. The van der Waals surface area contributed by atoms with Gasteiger partial charge in [-0.3, -0.25) is 4.79 Å². The van der Waals surface area contributed by atoms with Gasteiger partial charge >= 0.3 is 0 Å². The molecular weight excluding hydrogens is 390 g/mol. The number of hydrogen-bond acceptors (Lipinski definition) is 8. The quantitative estimate of drug-likeness (QED) is 0.541. The summed E-state index contributed by atoms with van der Waals surface area (Å²) in [6.07, 6.45) is 2.23.